The van der Waals surface area contributed by atoms with Crippen molar-refractivity contribution in [3.63, 3.8) is 0 Å². The van der Waals surface area contributed by atoms with E-state index in [1.54, 1.807) is 13.2 Å². The van der Waals surface area contributed by atoms with E-state index in [2.05, 4.69) is 29.6 Å². The third-order valence-electron chi connectivity index (χ3n) is 3.27. The molecule has 0 atom stereocenters. The Labute approximate surface area is 120 Å². The largest absolute Gasteiger partial charge is 0.504 e. The minimum Gasteiger partial charge on any atom is -0.504 e. The van der Waals surface area contributed by atoms with E-state index in [1.165, 1.54) is 5.56 Å². The molecule has 0 bridgehead atoms. The molecule has 0 radical (unpaired) electrons. The summed E-state index contributed by atoms with van der Waals surface area (Å²) in [5.74, 6) is 0.722. The summed E-state index contributed by atoms with van der Waals surface area (Å²) in [7, 11) is 1.57. The van der Waals surface area contributed by atoms with Gasteiger partial charge in [0.15, 0.2) is 11.5 Å². The van der Waals surface area contributed by atoms with Crippen molar-refractivity contribution >= 4 is 0 Å². The zero-order chi connectivity index (χ0) is 14.2. The van der Waals surface area contributed by atoms with Crippen molar-refractivity contribution < 1.29 is 9.84 Å². The first-order valence-corrected chi connectivity index (χ1v) is 6.90. The zero-order valence-electron chi connectivity index (χ0n) is 11.8. The number of hydrogen-bond donors (Lipinski definition) is 2. The topological polar surface area (TPSA) is 41.5 Å². The van der Waals surface area contributed by atoms with E-state index in [0.717, 1.165) is 31.5 Å². The number of hydrogen-bond acceptors (Lipinski definition) is 3. The molecule has 2 aromatic rings. The summed E-state index contributed by atoms with van der Waals surface area (Å²) in [5, 5.41) is 13.0. The maximum Gasteiger partial charge on any atom is 0.160 e. The summed E-state index contributed by atoms with van der Waals surface area (Å²) >= 11 is 0. The lowest BCUT2D eigenvalue weighted by Gasteiger charge is -2.08. The Bertz CT molecular complexity index is 526. The average Bonchev–Trinajstić information content (AvgIpc) is 2.49. The van der Waals surface area contributed by atoms with E-state index in [1.807, 2.05) is 18.2 Å². The van der Waals surface area contributed by atoms with E-state index in [0.29, 0.717) is 5.75 Å². The van der Waals surface area contributed by atoms with Crippen molar-refractivity contribution in [2.24, 2.45) is 0 Å². The van der Waals surface area contributed by atoms with Crippen LogP contribution in [0.1, 0.15) is 11.1 Å². The number of benzene rings is 2. The molecule has 2 aromatic carbocycles. The van der Waals surface area contributed by atoms with Crippen LogP contribution in [-0.4, -0.2) is 25.3 Å². The van der Waals surface area contributed by atoms with E-state index >= 15 is 0 Å². The molecule has 0 amide bonds. The normalized spacial score (nSPS) is 10.4. The molecule has 3 nitrogen and oxygen atoms in total. The first kappa shape index (κ1) is 14.4. The van der Waals surface area contributed by atoms with Gasteiger partial charge in [0.1, 0.15) is 0 Å². The lowest BCUT2D eigenvalue weighted by atomic mass is 10.1. The van der Waals surface area contributed by atoms with Gasteiger partial charge in [0.25, 0.3) is 0 Å². The van der Waals surface area contributed by atoms with Gasteiger partial charge >= 0.3 is 0 Å². The molecule has 106 valence electrons. The summed E-state index contributed by atoms with van der Waals surface area (Å²) in [6, 6.07) is 16.0. The van der Waals surface area contributed by atoms with Crippen LogP contribution in [0.25, 0.3) is 0 Å². The first-order valence-electron chi connectivity index (χ1n) is 6.90. The van der Waals surface area contributed by atoms with Crippen LogP contribution in [0.4, 0.5) is 0 Å². The number of ether oxygens (including phenoxy) is 1. The molecule has 0 aliphatic rings. The molecule has 0 aliphatic carbocycles. The highest BCUT2D eigenvalue weighted by Crippen LogP contribution is 2.26. The SMILES string of the molecule is COc1cc(CCNCCc2ccccc2)ccc1O. The Morgan fingerprint density at radius 1 is 0.950 bits per heavy atom. The molecule has 0 heterocycles. The van der Waals surface area contributed by atoms with E-state index in [9.17, 15) is 5.11 Å². The van der Waals surface area contributed by atoms with Crippen LogP contribution in [0.5, 0.6) is 11.5 Å². The number of aromatic hydroxyl groups is 1. The molecule has 2 rings (SSSR count). The molecule has 0 saturated heterocycles. The lowest BCUT2D eigenvalue weighted by molar-refractivity contribution is 0.373. The van der Waals surface area contributed by atoms with Gasteiger partial charge in [-0.2, -0.15) is 0 Å². The number of nitrogens with one attached hydrogen (secondary N) is 1. The number of methoxy groups -OCH3 is 1. The van der Waals surface area contributed by atoms with Gasteiger partial charge in [-0.15, -0.1) is 0 Å². The summed E-state index contributed by atoms with van der Waals surface area (Å²) in [6.07, 6.45) is 1.96. The lowest BCUT2D eigenvalue weighted by Crippen LogP contribution is -2.20. The fraction of sp³-hybridized carbons (Fsp3) is 0.294. The highest BCUT2D eigenvalue weighted by molar-refractivity contribution is 5.41. The Morgan fingerprint density at radius 2 is 1.65 bits per heavy atom. The Hall–Kier alpha value is -2.00. The fourth-order valence-electron chi connectivity index (χ4n) is 2.11. The number of phenolic OH excluding ortho intramolecular Hbond substituents is 1. The van der Waals surface area contributed by atoms with E-state index < -0.39 is 0 Å². The highest BCUT2D eigenvalue weighted by Gasteiger charge is 2.02. The molecule has 3 heteroatoms. The smallest absolute Gasteiger partial charge is 0.160 e. The highest BCUT2D eigenvalue weighted by atomic mass is 16.5. The average molecular weight is 271 g/mol. The maximum atomic E-state index is 9.53. The van der Waals surface area contributed by atoms with Crippen LogP contribution >= 0.6 is 0 Å². The predicted octanol–water partition coefficient (Wildman–Crippen LogP) is 2.78. The summed E-state index contributed by atoms with van der Waals surface area (Å²) in [4.78, 5) is 0. The maximum absolute atomic E-state index is 9.53. The van der Waals surface area contributed by atoms with Crippen molar-refractivity contribution in [1.82, 2.24) is 5.32 Å². The van der Waals surface area contributed by atoms with Crippen LogP contribution in [0.3, 0.4) is 0 Å². The van der Waals surface area contributed by atoms with Crippen LogP contribution in [-0.2, 0) is 12.8 Å². The van der Waals surface area contributed by atoms with Crippen molar-refractivity contribution in [3.8, 4) is 11.5 Å². The van der Waals surface area contributed by atoms with E-state index in [4.69, 9.17) is 4.74 Å². The third kappa shape index (κ3) is 4.28. The monoisotopic (exact) mass is 271 g/mol. The fourth-order valence-corrected chi connectivity index (χ4v) is 2.11. The van der Waals surface area contributed by atoms with Crippen molar-refractivity contribution in [1.29, 1.82) is 0 Å². The molecule has 0 spiro atoms. The molecule has 0 saturated carbocycles. The van der Waals surface area contributed by atoms with Crippen LogP contribution in [0, 0.1) is 0 Å². The van der Waals surface area contributed by atoms with Crippen molar-refractivity contribution in [2.75, 3.05) is 20.2 Å². The molecule has 0 aromatic heterocycles. The second-order valence-electron chi connectivity index (χ2n) is 4.74. The molecular formula is C17H21NO2. The number of rotatable bonds is 7. The van der Waals surface area contributed by atoms with Gasteiger partial charge in [0.2, 0.25) is 0 Å². The van der Waals surface area contributed by atoms with Gasteiger partial charge in [-0.1, -0.05) is 36.4 Å². The van der Waals surface area contributed by atoms with Gasteiger partial charge in [0, 0.05) is 0 Å². The standard InChI is InChI=1S/C17H21NO2/c1-20-17-13-15(7-8-16(17)19)10-12-18-11-9-14-5-3-2-4-6-14/h2-8,13,18-19H,9-12H2,1H3. The van der Waals surface area contributed by atoms with Gasteiger partial charge in [-0.3, -0.25) is 0 Å². The summed E-state index contributed by atoms with van der Waals surface area (Å²) in [6.45, 7) is 1.89. The molecule has 20 heavy (non-hydrogen) atoms. The quantitative estimate of drug-likeness (QED) is 0.761. The predicted molar refractivity (Wildman–Crippen MR) is 81.4 cm³/mol. The van der Waals surface area contributed by atoms with Gasteiger partial charge in [0.05, 0.1) is 7.11 Å². The molecule has 0 fully saturated rings. The third-order valence-corrected chi connectivity index (χ3v) is 3.27. The number of phenols is 1. The minimum atomic E-state index is 0.188. The second-order valence-corrected chi connectivity index (χ2v) is 4.74. The van der Waals surface area contributed by atoms with Gasteiger partial charge < -0.3 is 15.2 Å². The van der Waals surface area contributed by atoms with Crippen LogP contribution < -0.4 is 10.1 Å². The summed E-state index contributed by atoms with van der Waals surface area (Å²) < 4.78 is 5.10. The van der Waals surface area contributed by atoms with Crippen molar-refractivity contribution in [2.45, 2.75) is 12.8 Å². The van der Waals surface area contributed by atoms with Gasteiger partial charge in [-0.05, 0) is 49.2 Å². The summed E-state index contributed by atoms with van der Waals surface area (Å²) in [5.41, 5.74) is 2.51. The Morgan fingerprint density at radius 3 is 2.35 bits per heavy atom. The van der Waals surface area contributed by atoms with Crippen LogP contribution in [0.2, 0.25) is 0 Å². The van der Waals surface area contributed by atoms with Crippen molar-refractivity contribution in [3.05, 3.63) is 59.7 Å². The van der Waals surface area contributed by atoms with Crippen LogP contribution in [0.15, 0.2) is 48.5 Å². The Balaban J connectivity index is 1.71. The molecule has 0 unspecified atom stereocenters. The van der Waals surface area contributed by atoms with E-state index in [-0.39, 0.29) is 5.75 Å². The second kappa shape index (κ2) is 7.56. The Kier molecular flexibility index (Phi) is 5.44. The van der Waals surface area contributed by atoms with Gasteiger partial charge in [-0.25, -0.2) is 0 Å². The minimum absolute atomic E-state index is 0.188. The zero-order valence-corrected chi connectivity index (χ0v) is 11.8. The first-order chi connectivity index (χ1) is 9.79. The molecule has 2 N–H and O–H groups in total. The molecule has 0 aliphatic heterocycles. The molecular weight excluding hydrogens is 250 g/mol.